The van der Waals surface area contributed by atoms with Gasteiger partial charge in [0, 0.05) is 17.3 Å². The summed E-state index contributed by atoms with van der Waals surface area (Å²) in [5.74, 6) is -0.396. The van der Waals surface area contributed by atoms with Crippen molar-refractivity contribution in [1.82, 2.24) is 25.0 Å². The van der Waals surface area contributed by atoms with Crippen LogP contribution in [-0.2, 0) is 24.3 Å². The maximum atomic E-state index is 13.8. The summed E-state index contributed by atoms with van der Waals surface area (Å²) in [5, 5.41) is 21.0. The van der Waals surface area contributed by atoms with E-state index in [-0.39, 0.29) is 36.7 Å². The number of anilines is 1. The van der Waals surface area contributed by atoms with E-state index in [9.17, 15) is 19.5 Å². The highest BCUT2D eigenvalue weighted by Crippen LogP contribution is 2.29. The van der Waals surface area contributed by atoms with Gasteiger partial charge in [0.15, 0.2) is 5.82 Å². The van der Waals surface area contributed by atoms with Crippen LogP contribution in [0.1, 0.15) is 52.5 Å². The van der Waals surface area contributed by atoms with Crippen molar-refractivity contribution < 1.29 is 24.2 Å². The van der Waals surface area contributed by atoms with Crippen LogP contribution >= 0.6 is 11.6 Å². The number of nitrogen functional groups attached to an aromatic ring is 1. The molecule has 0 saturated carbocycles. The van der Waals surface area contributed by atoms with Crippen LogP contribution in [0.15, 0.2) is 36.4 Å². The maximum absolute atomic E-state index is 13.8. The molecule has 0 unspecified atom stereocenters. The molecule has 1 aliphatic rings. The number of urea groups is 1. The number of nitrogens with one attached hydrogen (secondary N) is 1. The number of amides is 3. The van der Waals surface area contributed by atoms with E-state index in [0.717, 1.165) is 10.5 Å². The minimum Gasteiger partial charge on any atom is -0.496 e. The number of carboxylic acid groups (broad SMARTS) is 1. The van der Waals surface area contributed by atoms with Crippen LogP contribution in [0.5, 0.6) is 5.75 Å². The Balaban J connectivity index is 1.63. The molecule has 2 heterocycles. The molecule has 0 aliphatic carbocycles. The van der Waals surface area contributed by atoms with Gasteiger partial charge in [-0.05, 0) is 61.2 Å². The van der Waals surface area contributed by atoms with E-state index in [1.807, 2.05) is 11.5 Å². The lowest BCUT2D eigenvalue weighted by Gasteiger charge is -2.26. The Hall–Kier alpha value is -4.12. The van der Waals surface area contributed by atoms with Crippen molar-refractivity contribution in [2.75, 3.05) is 12.8 Å². The standard InChI is InChI=1S/C26H29ClN6O5/c1-4-21(15-5-7-19(25(35)36)20(28)11-15)29-26(37)33-13-23-31-30-14(2)32(23)12-17(24(33)34)9-16-10-18(27)6-8-22(16)38-3/h5-8,10-11,17,21H,4,9,12-13,28H2,1-3H3,(H,29,37)(H,35,36)/t17-,21+/m0/s1. The number of nitrogens with two attached hydrogens (primary N) is 1. The second kappa shape index (κ2) is 11.1. The molecule has 1 aromatic heterocycles. The first-order valence-electron chi connectivity index (χ1n) is 12.1. The lowest BCUT2D eigenvalue weighted by molar-refractivity contribution is -0.132. The summed E-state index contributed by atoms with van der Waals surface area (Å²) in [5.41, 5.74) is 7.36. The van der Waals surface area contributed by atoms with Crippen LogP contribution < -0.4 is 15.8 Å². The zero-order valence-electron chi connectivity index (χ0n) is 21.3. The van der Waals surface area contributed by atoms with E-state index in [2.05, 4.69) is 15.5 Å². The van der Waals surface area contributed by atoms with Crippen LogP contribution in [0.3, 0.4) is 0 Å². The summed E-state index contributed by atoms with van der Waals surface area (Å²) < 4.78 is 7.31. The number of carbonyl (C=O) groups is 3. The fourth-order valence-electron chi connectivity index (χ4n) is 4.65. The first kappa shape index (κ1) is 26.9. The van der Waals surface area contributed by atoms with Crippen LogP contribution in [0.2, 0.25) is 5.02 Å². The molecule has 12 heteroatoms. The summed E-state index contributed by atoms with van der Waals surface area (Å²) in [6.07, 6.45) is 0.770. The Labute approximate surface area is 224 Å². The number of halogens is 1. The third-order valence-corrected chi connectivity index (χ3v) is 6.93. The fraction of sp³-hybridized carbons (Fsp3) is 0.346. The number of aryl methyl sites for hydroxylation is 1. The number of imide groups is 1. The van der Waals surface area contributed by atoms with Gasteiger partial charge >= 0.3 is 12.0 Å². The topological polar surface area (TPSA) is 153 Å². The molecule has 2 atom stereocenters. The average Bonchev–Trinajstić information content (AvgIpc) is 3.15. The van der Waals surface area contributed by atoms with Gasteiger partial charge in [-0.15, -0.1) is 10.2 Å². The van der Waals surface area contributed by atoms with E-state index in [1.54, 1.807) is 38.3 Å². The molecule has 0 spiro atoms. The molecule has 2 aromatic carbocycles. The second-order valence-corrected chi connectivity index (χ2v) is 9.55. The fourth-order valence-corrected chi connectivity index (χ4v) is 4.85. The molecule has 0 fully saturated rings. The summed E-state index contributed by atoms with van der Waals surface area (Å²) in [7, 11) is 1.55. The molecule has 0 bridgehead atoms. The zero-order chi connectivity index (χ0) is 27.6. The van der Waals surface area contributed by atoms with E-state index in [0.29, 0.717) is 34.4 Å². The van der Waals surface area contributed by atoms with Crippen LogP contribution in [0.25, 0.3) is 0 Å². The summed E-state index contributed by atoms with van der Waals surface area (Å²) in [6.45, 7) is 3.90. The summed E-state index contributed by atoms with van der Waals surface area (Å²) >= 11 is 6.22. The predicted molar refractivity (Wildman–Crippen MR) is 140 cm³/mol. The number of nitrogens with zero attached hydrogens (tertiary/aromatic N) is 4. The van der Waals surface area contributed by atoms with Gasteiger partial charge in [-0.25, -0.2) is 9.59 Å². The van der Waals surface area contributed by atoms with Crippen molar-refractivity contribution in [2.45, 2.75) is 45.8 Å². The van der Waals surface area contributed by atoms with Crippen molar-refractivity contribution in [3.05, 3.63) is 69.8 Å². The minimum atomic E-state index is -1.14. The molecule has 4 N–H and O–H groups in total. The largest absolute Gasteiger partial charge is 0.496 e. The number of ether oxygens (including phenoxy) is 1. The Morgan fingerprint density at radius 1 is 1.26 bits per heavy atom. The number of fused-ring (bicyclic) bond motifs is 1. The quantitative estimate of drug-likeness (QED) is 0.384. The van der Waals surface area contributed by atoms with Gasteiger partial charge in [-0.2, -0.15) is 0 Å². The number of carboxylic acids is 1. The molecule has 4 rings (SSSR count). The van der Waals surface area contributed by atoms with E-state index < -0.39 is 24.0 Å². The van der Waals surface area contributed by atoms with Crippen LogP contribution in [-0.4, -0.2) is 49.8 Å². The van der Waals surface area contributed by atoms with Gasteiger partial charge in [-0.3, -0.25) is 9.69 Å². The van der Waals surface area contributed by atoms with E-state index >= 15 is 0 Å². The Bertz CT molecular complexity index is 1390. The molecular weight excluding hydrogens is 512 g/mol. The molecule has 11 nitrogen and oxygen atoms in total. The Kier molecular flexibility index (Phi) is 7.86. The number of hydrogen-bond acceptors (Lipinski definition) is 7. The molecular formula is C26H29ClN6O5. The normalized spacial score (nSPS) is 15.9. The molecule has 3 amide bonds. The number of rotatable bonds is 7. The number of carbonyl (C=O) groups excluding carboxylic acids is 2. The highest BCUT2D eigenvalue weighted by Gasteiger charge is 2.36. The lowest BCUT2D eigenvalue weighted by atomic mass is 9.97. The van der Waals surface area contributed by atoms with Crippen molar-refractivity contribution >= 4 is 35.2 Å². The van der Waals surface area contributed by atoms with Crippen molar-refractivity contribution in [3.8, 4) is 5.75 Å². The van der Waals surface area contributed by atoms with Gasteiger partial charge in [0.05, 0.1) is 31.2 Å². The SMILES string of the molecule is CC[C@@H](NC(=O)N1Cc2nnc(C)n2C[C@H](Cc2cc(Cl)ccc2OC)C1=O)c1ccc(C(=O)O)c(N)c1. The first-order valence-corrected chi connectivity index (χ1v) is 12.5. The van der Waals surface area contributed by atoms with Crippen LogP contribution in [0.4, 0.5) is 10.5 Å². The number of hydrogen-bond donors (Lipinski definition) is 3. The first-order chi connectivity index (χ1) is 18.1. The van der Waals surface area contributed by atoms with Gasteiger partial charge in [-0.1, -0.05) is 24.6 Å². The zero-order valence-corrected chi connectivity index (χ0v) is 22.0. The lowest BCUT2D eigenvalue weighted by Crippen LogP contribution is -2.46. The van der Waals surface area contributed by atoms with Crippen LogP contribution in [0, 0.1) is 12.8 Å². The van der Waals surface area contributed by atoms with E-state index in [4.69, 9.17) is 22.1 Å². The van der Waals surface area contributed by atoms with Gasteiger partial charge in [0.2, 0.25) is 5.91 Å². The van der Waals surface area contributed by atoms with Crippen molar-refractivity contribution in [1.29, 1.82) is 0 Å². The molecule has 1 aliphatic heterocycles. The van der Waals surface area contributed by atoms with Gasteiger partial charge in [0.1, 0.15) is 11.6 Å². The highest BCUT2D eigenvalue weighted by atomic mass is 35.5. The molecule has 200 valence electrons. The number of aromatic nitrogens is 3. The van der Waals surface area contributed by atoms with Crippen molar-refractivity contribution in [2.24, 2.45) is 5.92 Å². The monoisotopic (exact) mass is 540 g/mol. The molecule has 0 radical (unpaired) electrons. The Morgan fingerprint density at radius 3 is 2.68 bits per heavy atom. The summed E-state index contributed by atoms with van der Waals surface area (Å²) in [6, 6.07) is 8.63. The Morgan fingerprint density at radius 2 is 2.03 bits per heavy atom. The smallest absolute Gasteiger partial charge is 0.337 e. The minimum absolute atomic E-state index is 0.0217. The molecule has 3 aromatic rings. The summed E-state index contributed by atoms with van der Waals surface area (Å²) in [4.78, 5) is 39.8. The maximum Gasteiger partial charge on any atom is 0.337 e. The number of benzene rings is 2. The average molecular weight is 541 g/mol. The number of methoxy groups -OCH3 is 1. The predicted octanol–water partition coefficient (Wildman–Crippen LogP) is 3.59. The van der Waals surface area contributed by atoms with Gasteiger partial charge < -0.3 is 25.5 Å². The third-order valence-electron chi connectivity index (χ3n) is 6.70. The van der Waals surface area contributed by atoms with Crippen molar-refractivity contribution in [3.63, 3.8) is 0 Å². The van der Waals surface area contributed by atoms with E-state index in [1.165, 1.54) is 12.1 Å². The highest BCUT2D eigenvalue weighted by molar-refractivity contribution is 6.30. The molecule has 0 saturated heterocycles. The van der Waals surface area contributed by atoms with Gasteiger partial charge in [0.25, 0.3) is 0 Å². The second-order valence-electron chi connectivity index (χ2n) is 9.12. The third kappa shape index (κ3) is 5.42. The molecule has 38 heavy (non-hydrogen) atoms. The number of aromatic carboxylic acids is 1.